The first-order chi connectivity index (χ1) is 7.89. The molecule has 0 saturated heterocycles. The molecule has 0 fully saturated rings. The third-order valence-corrected chi connectivity index (χ3v) is 5.10. The van der Waals surface area contributed by atoms with E-state index in [9.17, 15) is 8.42 Å². The Labute approximate surface area is 110 Å². The van der Waals surface area contributed by atoms with E-state index in [2.05, 4.69) is 15.9 Å². The highest BCUT2D eigenvalue weighted by Crippen LogP contribution is 2.26. The number of hydrogen-bond acceptors (Lipinski definition) is 4. The number of nitrogens with zero attached hydrogens (tertiary/aromatic N) is 1. The Morgan fingerprint density at radius 2 is 2.12 bits per heavy atom. The molecule has 1 aromatic rings. The minimum atomic E-state index is -3.54. The van der Waals surface area contributed by atoms with Crippen molar-refractivity contribution in [3.8, 4) is 0 Å². The van der Waals surface area contributed by atoms with E-state index in [0.717, 1.165) is 0 Å². The average Bonchev–Trinajstić information content (AvgIpc) is 2.28. The summed E-state index contributed by atoms with van der Waals surface area (Å²) in [7, 11) is -0.509. The summed E-state index contributed by atoms with van der Waals surface area (Å²) in [5.41, 5.74) is 6.01. The van der Waals surface area contributed by atoms with Gasteiger partial charge in [-0.3, -0.25) is 0 Å². The number of sulfonamides is 1. The van der Waals surface area contributed by atoms with Crippen LogP contribution in [0.4, 0.5) is 5.69 Å². The smallest absolute Gasteiger partial charge is 0.244 e. The Morgan fingerprint density at radius 1 is 1.47 bits per heavy atom. The largest absolute Gasteiger partial charge is 0.399 e. The zero-order valence-corrected chi connectivity index (χ0v) is 12.1. The van der Waals surface area contributed by atoms with Gasteiger partial charge in [-0.25, -0.2) is 8.42 Å². The van der Waals surface area contributed by atoms with Gasteiger partial charge in [0.05, 0.1) is 11.5 Å². The lowest BCUT2D eigenvalue weighted by atomic mass is 10.3. The summed E-state index contributed by atoms with van der Waals surface area (Å²) in [6, 6.07) is 4.69. The maximum absolute atomic E-state index is 12.2. The van der Waals surface area contributed by atoms with Gasteiger partial charge in [0.25, 0.3) is 0 Å². The van der Waals surface area contributed by atoms with Crippen molar-refractivity contribution < 1.29 is 13.2 Å². The molecule has 0 atom stereocenters. The number of rotatable bonds is 5. The molecule has 0 heterocycles. The molecular weight excluding hydrogens is 308 g/mol. The highest BCUT2D eigenvalue weighted by molar-refractivity contribution is 9.10. The summed E-state index contributed by atoms with van der Waals surface area (Å²) < 4.78 is 31.0. The quantitative estimate of drug-likeness (QED) is 0.829. The number of methoxy groups -OCH3 is 1. The maximum Gasteiger partial charge on any atom is 0.244 e. The molecule has 0 aliphatic heterocycles. The van der Waals surface area contributed by atoms with Gasteiger partial charge in [0.15, 0.2) is 0 Å². The van der Waals surface area contributed by atoms with E-state index in [1.54, 1.807) is 12.1 Å². The van der Waals surface area contributed by atoms with Crippen molar-refractivity contribution >= 4 is 31.6 Å². The Bertz CT molecular complexity index is 490. The van der Waals surface area contributed by atoms with E-state index in [1.165, 1.54) is 24.5 Å². The number of benzene rings is 1. The minimum absolute atomic E-state index is 0.163. The molecule has 0 bridgehead atoms. The van der Waals surface area contributed by atoms with E-state index in [-0.39, 0.29) is 4.90 Å². The summed E-state index contributed by atoms with van der Waals surface area (Å²) in [5.74, 6) is 0. The molecule has 1 rings (SSSR count). The molecule has 0 aromatic heterocycles. The monoisotopic (exact) mass is 322 g/mol. The Morgan fingerprint density at radius 3 is 2.71 bits per heavy atom. The molecular formula is C10H15BrN2O3S. The first kappa shape index (κ1) is 14.4. The number of nitrogen functional groups attached to an aromatic ring is 1. The van der Waals surface area contributed by atoms with Gasteiger partial charge in [-0.05, 0) is 34.1 Å². The normalized spacial score (nSPS) is 12.0. The molecule has 0 unspecified atom stereocenters. The van der Waals surface area contributed by atoms with Crippen molar-refractivity contribution in [2.24, 2.45) is 0 Å². The molecule has 0 amide bonds. The SMILES string of the molecule is COCCN(C)S(=O)(=O)c1cc(N)ccc1Br. The van der Waals surface area contributed by atoms with E-state index in [1.807, 2.05) is 0 Å². The van der Waals surface area contributed by atoms with E-state index in [4.69, 9.17) is 10.5 Å². The van der Waals surface area contributed by atoms with E-state index < -0.39 is 10.0 Å². The Kier molecular flexibility index (Phi) is 4.93. The van der Waals surface area contributed by atoms with Crippen LogP contribution in [0, 0.1) is 0 Å². The second-order valence-electron chi connectivity index (χ2n) is 3.51. The van der Waals surface area contributed by atoms with E-state index in [0.29, 0.717) is 23.3 Å². The summed E-state index contributed by atoms with van der Waals surface area (Å²) in [4.78, 5) is 0.163. The molecule has 7 heteroatoms. The van der Waals surface area contributed by atoms with Crippen molar-refractivity contribution in [2.75, 3.05) is 33.0 Å². The summed E-state index contributed by atoms with van der Waals surface area (Å²) in [5, 5.41) is 0. The lowest BCUT2D eigenvalue weighted by molar-refractivity contribution is 0.185. The predicted octanol–water partition coefficient (Wildman–Crippen LogP) is 1.30. The molecule has 2 N–H and O–H groups in total. The fourth-order valence-corrected chi connectivity index (χ4v) is 3.34. The fraction of sp³-hybridized carbons (Fsp3) is 0.400. The number of likely N-dealkylation sites (N-methyl/N-ethyl adjacent to an activating group) is 1. The number of ether oxygens (including phenoxy) is 1. The van der Waals surface area contributed by atoms with Gasteiger partial charge in [0.2, 0.25) is 10.0 Å². The van der Waals surface area contributed by atoms with Crippen LogP contribution in [0.3, 0.4) is 0 Å². The lowest BCUT2D eigenvalue weighted by Crippen LogP contribution is -2.30. The van der Waals surface area contributed by atoms with Gasteiger partial charge in [-0.1, -0.05) is 0 Å². The van der Waals surface area contributed by atoms with Crippen LogP contribution in [-0.2, 0) is 14.8 Å². The minimum Gasteiger partial charge on any atom is -0.399 e. The molecule has 0 radical (unpaired) electrons. The van der Waals surface area contributed by atoms with Gasteiger partial charge in [0.1, 0.15) is 0 Å². The summed E-state index contributed by atoms with van der Waals surface area (Å²) >= 11 is 3.21. The van der Waals surface area contributed by atoms with Gasteiger partial charge in [0, 0.05) is 30.9 Å². The Balaban J connectivity index is 3.08. The standard InChI is InChI=1S/C10H15BrN2O3S/c1-13(5-6-16-2)17(14,15)10-7-8(12)3-4-9(10)11/h3-4,7H,5-6,12H2,1-2H3. The van der Waals surface area contributed by atoms with Gasteiger partial charge < -0.3 is 10.5 Å². The van der Waals surface area contributed by atoms with Crippen LogP contribution in [0.5, 0.6) is 0 Å². The van der Waals surface area contributed by atoms with Crippen LogP contribution in [0.15, 0.2) is 27.6 Å². The topological polar surface area (TPSA) is 72.6 Å². The Hall–Kier alpha value is -0.630. The van der Waals surface area contributed by atoms with Crippen molar-refractivity contribution in [1.29, 1.82) is 0 Å². The van der Waals surface area contributed by atoms with Crippen molar-refractivity contribution in [3.05, 3.63) is 22.7 Å². The van der Waals surface area contributed by atoms with Crippen LogP contribution in [0.25, 0.3) is 0 Å². The van der Waals surface area contributed by atoms with Crippen LogP contribution < -0.4 is 5.73 Å². The molecule has 96 valence electrons. The second kappa shape index (κ2) is 5.81. The number of hydrogen-bond donors (Lipinski definition) is 1. The van der Waals surface area contributed by atoms with Crippen LogP contribution in [0.2, 0.25) is 0 Å². The zero-order valence-electron chi connectivity index (χ0n) is 9.68. The lowest BCUT2D eigenvalue weighted by Gasteiger charge is -2.17. The van der Waals surface area contributed by atoms with E-state index >= 15 is 0 Å². The van der Waals surface area contributed by atoms with Crippen LogP contribution in [0.1, 0.15) is 0 Å². The highest BCUT2D eigenvalue weighted by Gasteiger charge is 2.23. The zero-order chi connectivity index (χ0) is 13.1. The van der Waals surface area contributed by atoms with Gasteiger partial charge in [-0.2, -0.15) is 4.31 Å². The molecule has 1 aromatic carbocycles. The maximum atomic E-state index is 12.2. The van der Waals surface area contributed by atoms with Gasteiger partial charge in [-0.15, -0.1) is 0 Å². The van der Waals surface area contributed by atoms with Crippen LogP contribution in [-0.4, -0.2) is 40.0 Å². The average molecular weight is 323 g/mol. The molecule has 0 saturated carbocycles. The van der Waals surface area contributed by atoms with Crippen molar-refractivity contribution in [3.63, 3.8) is 0 Å². The molecule has 0 spiro atoms. The number of anilines is 1. The molecule has 5 nitrogen and oxygen atoms in total. The molecule has 0 aliphatic rings. The number of nitrogens with two attached hydrogens (primary N) is 1. The first-order valence-electron chi connectivity index (χ1n) is 4.90. The van der Waals surface area contributed by atoms with Gasteiger partial charge >= 0.3 is 0 Å². The first-order valence-corrected chi connectivity index (χ1v) is 7.13. The molecule has 0 aliphatic carbocycles. The van der Waals surface area contributed by atoms with Crippen molar-refractivity contribution in [1.82, 2.24) is 4.31 Å². The number of halogens is 1. The third-order valence-electron chi connectivity index (χ3n) is 2.25. The second-order valence-corrected chi connectivity index (χ2v) is 6.38. The fourth-order valence-electron chi connectivity index (χ4n) is 1.23. The summed E-state index contributed by atoms with van der Waals surface area (Å²) in [6.07, 6.45) is 0. The van der Waals surface area contributed by atoms with Crippen molar-refractivity contribution in [2.45, 2.75) is 4.90 Å². The third kappa shape index (κ3) is 3.41. The molecule has 17 heavy (non-hydrogen) atoms. The van der Waals surface area contributed by atoms with Crippen LogP contribution >= 0.6 is 15.9 Å². The predicted molar refractivity (Wildman–Crippen MR) is 70.2 cm³/mol. The summed E-state index contributed by atoms with van der Waals surface area (Å²) in [6.45, 7) is 0.635. The highest BCUT2D eigenvalue weighted by atomic mass is 79.9.